The molecule has 2 amide bonds. The number of hydrogen-bond acceptors (Lipinski definition) is 12. The molecule has 1 saturated heterocycles. The molecule has 0 saturated carbocycles. The number of carbonyl (C=O) groups excluding carboxylic acids is 3. The van der Waals surface area contributed by atoms with E-state index in [0.717, 1.165) is 0 Å². The van der Waals surface area contributed by atoms with Crippen molar-refractivity contribution < 1.29 is 55.9 Å². The first kappa shape index (κ1) is 29.7. The van der Waals surface area contributed by atoms with Crippen LogP contribution >= 0.6 is 0 Å². The molecule has 1 atom stereocenters. The minimum atomic E-state index is -4.77. The highest BCUT2D eigenvalue weighted by atomic mass is 32.2. The second kappa shape index (κ2) is 17.1. The third kappa shape index (κ3) is 12.8. The van der Waals surface area contributed by atoms with E-state index in [4.69, 9.17) is 33.8 Å². The van der Waals surface area contributed by atoms with Crippen LogP contribution in [-0.4, -0.2) is 114 Å². The lowest BCUT2D eigenvalue weighted by molar-refractivity contribution is -0.198. The lowest BCUT2D eigenvalue weighted by Crippen LogP contribution is -2.36. The van der Waals surface area contributed by atoms with Crippen molar-refractivity contribution in [2.75, 3.05) is 72.6 Å². The fourth-order valence-electron chi connectivity index (χ4n) is 2.35. The van der Waals surface area contributed by atoms with Crippen molar-refractivity contribution in [3.63, 3.8) is 0 Å². The Kier molecular flexibility index (Phi) is 14.9. The van der Waals surface area contributed by atoms with Gasteiger partial charge >= 0.3 is 5.97 Å². The lowest BCUT2D eigenvalue weighted by atomic mass is 10.4. The van der Waals surface area contributed by atoms with E-state index in [-0.39, 0.29) is 37.8 Å². The summed E-state index contributed by atoms with van der Waals surface area (Å²) in [6.45, 7) is 3.19. The monoisotopic (exact) mass is 512 g/mol. The first-order valence-electron chi connectivity index (χ1n) is 10.2. The molecule has 17 heteroatoms. The summed E-state index contributed by atoms with van der Waals surface area (Å²) in [5, 5.41) is 1.39. The normalized spacial score (nSPS) is 16.0. The van der Waals surface area contributed by atoms with Crippen molar-refractivity contribution in [1.29, 1.82) is 0 Å². The molecule has 34 heavy (non-hydrogen) atoms. The molecule has 0 aromatic heterocycles. The van der Waals surface area contributed by atoms with Gasteiger partial charge < -0.3 is 28.5 Å². The van der Waals surface area contributed by atoms with Crippen LogP contribution in [0.3, 0.4) is 0 Å². The SMILES string of the molecule is [N-]=[N+]=NCCOCCOCCOCCOCCOCCC(=O)ON1C(=O)CC(S(=O)(=O)O)C1=O. The molecule has 1 N–H and O–H groups in total. The lowest BCUT2D eigenvalue weighted by Gasteiger charge is -2.13. The van der Waals surface area contributed by atoms with E-state index < -0.39 is 39.6 Å². The van der Waals surface area contributed by atoms with Crippen molar-refractivity contribution in [3.05, 3.63) is 10.4 Å². The topological polar surface area (TPSA) is 213 Å². The Morgan fingerprint density at radius 2 is 1.41 bits per heavy atom. The molecule has 0 radical (unpaired) electrons. The van der Waals surface area contributed by atoms with Crippen LogP contribution in [0.25, 0.3) is 10.4 Å². The van der Waals surface area contributed by atoms with Gasteiger partial charge in [-0.3, -0.25) is 14.1 Å². The van der Waals surface area contributed by atoms with Crippen molar-refractivity contribution in [1.82, 2.24) is 5.06 Å². The summed E-state index contributed by atoms with van der Waals surface area (Å²) < 4.78 is 57.1. The first-order chi connectivity index (χ1) is 16.3. The van der Waals surface area contributed by atoms with Crippen LogP contribution in [-0.2, 0) is 53.0 Å². The van der Waals surface area contributed by atoms with Crippen molar-refractivity contribution in [2.24, 2.45) is 5.11 Å². The molecule has 0 aliphatic carbocycles. The number of nitrogens with zero attached hydrogens (tertiary/aromatic N) is 4. The molecule has 0 spiro atoms. The molecule has 1 aliphatic rings. The second-order valence-electron chi connectivity index (χ2n) is 6.46. The van der Waals surface area contributed by atoms with Gasteiger partial charge in [0, 0.05) is 11.5 Å². The average Bonchev–Trinajstić information content (AvgIpc) is 3.07. The molecule has 0 bridgehead atoms. The zero-order valence-electron chi connectivity index (χ0n) is 18.4. The fourth-order valence-corrected chi connectivity index (χ4v) is 3.05. The molecular weight excluding hydrogens is 484 g/mol. The molecule has 1 aliphatic heterocycles. The third-order valence-corrected chi connectivity index (χ3v) is 5.04. The summed E-state index contributed by atoms with van der Waals surface area (Å²) in [6, 6.07) is 0. The third-order valence-electron chi connectivity index (χ3n) is 3.95. The number of ether oxygens (including phenoxy) is 5. The summed E-state index contributed by atoms with van der Waals surface area (Å²) in [4.78, 5) is 42.2. The minimum absolute atomic E-state index is 0.0389. The molecule has 1 rings (SSSR count). The van der Waals surface area contributed by atoms with Crippen LogP contribution in [0.15, 0.2) is 5.11 Å². The number of carbonyl (C=O) groups is 3. The van der Waals surface area contributed by atoms with Gasteiger partial charge in [0.25, 0.3) is 21.9 Å². The predicted octanol–water partition coefficient (Wildman–Crippen LogP) is -0.757. The van der Waals surface area contributed by atoms with Gasteiger partial charge in [-0.25, -0.2) is 4.79 Å². The molecule has 1 fully saturated rings. The van der Waals surface area contributed by atoms with Crippen molar-refractivity contribution >= 4 is 27.9 Å². The highest BCUT2D eigenvalue weighted by Crippen LogP contribution is 2.19. The van der Waals surface area contributed by atoms with Gasteiger partial charge in [-0.2, -0.15) is 8.42 Å². The standard InChI is InChI=1S/C17H28N4O12S/c18-20-19-2-4-29-6-8-31-10-12-32-11-9-30-7-5-28-3-1-16(23)33-21-15(22)13-14(17(21)24)34(25,26)27/h14H,1-13H2,(H,25,26,27). The van der Waals surface area contributed by atoms with Gasteiger partial charge in [0.2, 0.25) is 0 Å². The molecule has 16 nitrogen and oxygen atoms in total. The van der Waals surface area contributed by atoms with Crippen LogP contribution in [0.1, 0.15) is 12.8 Å². The molecule has 194 valence electrons. The summed E-state index contributed by atoms with van der Waals surface area (Å²) >= 11 is 0. The number of azide groups is 1. The average molecular weight is 512 g/mol. The maximum absolute atomic E-state index is 11.7. The van der Waals surface area contributed by atoms with E-state index in [1.165, 1.54) is 0 Å². The Hall–Kier alpha value is -2.37. The largest absolute Gasteiger partial charge is 0.379 e. The van der Waals surface area contributed by atoms with Gasteiger partial charge in [0.1, 0.15) is 0 Å². The molecule has 0 aromatic carbocycles. The van der Waals surface area contributed by atoms with Gasteiger partial charge in [0.05, 0.1) is 78.9 Å². The van der Waals surface area contributed by atoms with Crippen LogP contribution in [0.2, 0.25) is 0 Å². The van der Waals surface area contributed by atoms with Gasteiger partial charge in [-0.15, -0.1) is 5.06 Å². The van der Waals surface area contributed by atoms with E-state index in [2.05, 4.69) is 14.9 Å². The number of hydrogen-bond donors (Lipinski definition) is 1. The highest BCUT2D eigenvalue weighted by molar-refractivity contribution is 7.87. The zero-order valence-corrected chi connectivity index (χ0v) is 19.2. The van der Waals surface area contributed by atoms with Crippen LogP contribution in [0.5, 0.6) is 0 Å². The smallest absolute Gasteiger partial charge is 0.335 e. The maximum atomic E-state index is 11.7. The molecule has 1 heterocycles. The Labute approximate surface area is 195 Å². The summed E-state index contributed by atoms with van der Waals surface area (Å²) in [7, 11) is -4.77. The van der Waals surface area contributed by atoms with E-state index in [9.17, 15) is 22.8 Å². The quantitative estimate of drug-likeness (QED) is 0.0532. The predicted molar refractivity (Wildman–Crippen MR) is 111 cm³/mol. The number of imide groups is 1. The van der Waals surface area contributed by atoms with E-state index in [1.54, 1.807) is 0 Å². The van der Waals surface area contributed by atoms with Crippen LogP contribution in [0.4, 0.5) is 0 Å². The summed E-state index contributed by atoms with van der Waals surface area (Å²) in [5.74, 6) is -3.34. The van der Waals surface area contributed by atoms with E-state index >= 15 is 0 Å². The van der Waals surface area contributed by atoms with E-state index in [0.29, 0.717) is 46.2 Å². The first-order valence-corrected chi connectivity index (χ1v) is 11.7. The zero-order chi connectivity index (χ0) is 25.2. The molecule has 0 aromatic rings. The van der Waals surface area contributed by atoms with Gasteiger partial charge in [-0.1, -0.05) is 5.11 Å². The summed E-state index contributed by atoms with van der Waals surface area (Å²) in [5.41, 5.74) is 8.08. The Balaban J connectivity index is 1.91. The Morgan fingerprint density at radius 1 is 0.941 bits per heavy atom. The second-order valence-corrected chi connectivity index (χ2v) is 8.06. The number of rotatable bonds is 20. The van der Waals surface area contributed by atoms with Crippen LogP contribution in [0, 0.1) is 0 Å². The molecule has 1 unspecified atom stereocenters. The van der Waals surface area contributed by atoms with Gasteiger partial charge in [-0.05, 0) is 5.53 Å². The van der Waals surface area contributed by atoms with Gasteiger partial charge in [0.15, 0.2) is 5.25 Å². The molecular formula is C17H28N4O12S. The van der Waals surface area contributed by atoms with Crippen molar-refractivity contribution in [2.45, 2.75) is 18.1 Å². The van der Waals surface area contributed by atoms with Crippen LogP contribution < -0.4 is 0 Å². The number of amides is 2. The summed E-state index contributed by atoms with van der Waals surface area (Å²) in [6.07, 6.45) is -1.10. The Morgan fingerprint density at radius 3 is 1.85 bits per heavy atom. The van der Waals surface area contributed by atoms with Crippen molar-refractivity contribution in [3.8, 4) is 0 Å². The highest BCUT2D eigenvalue weighted by Gasteiger charge is 2.48. The minimum Gasteiger partial charge on any atom is -0.379 e. The van der Waals surface area contributed by atoms with E-state index in [1.807, 2.05) is 0 Å². The Bertz CT molecular complexity index is 802. The maximum Gasteiger partial charge on any atom is 0.335 e. The number of hydroxylamine groups is 2. The fraction of sp³-hybridized carbons (Fsp3) is 0.824.